The topological polar surface area (TPSA) is 52.3 Å². The molecule has 126 valence electrons. The summed E-state index contributed by atoms with van der Waals surface area (Å²) in [4.78, 5) is 11.5. The maximum atomic E-state index is 11.5. The molecule has 0 saturated carbocycles. The number of hydrogen-bond acceptors (Lipinski definition) is 3. The maximum absolute atomic E-state index is 11.5. The molecule has 3 heteroatoms. The van der Waals surface area contributed by atoms with E-state index < -0.39 is 6.23 Å². The lowest BCUT2D eigenvalue weighted by Gasteiger charge is -2.12. The summed E-state index contributed by atoms with van der Waals surface area (Å²) in [7, 11) is 0. The molecule has 3 nitrogen and oxygen atoms in total. The number of rotatable bonds is 15. The number of carbonyl (C=O) groups is 1. The molecule has 0 bridgehead atoms. The zero-order valence-corrected chi connectivity index (χ0v) is 14.4. The standard InChI is InChI=1S/C18H37NO2/c1-3-5-7-8-9-10-11-12-14-15-17(19)21-18(20)16-13-6-4-2/h17H,3-16,19H2,1-2H3. The van der Waals surface area contributed by atoms with Gasteiger partial charge in [0.25, 0.3) is 0 Å². The summed E-state index contributed by atoms with van der Waals surface area (Å²) in [6, 6.07) is 0. The first kappa shape index (κ1) is 20.4. The zero-order valence-electron chi connectivity index (χ0n) is 14.4. The lowest BCUT2D eigenvalue weighted by atomic mass is 10.1. The Hall–Kier alpha value is -0.570. The molecule has 21 heavy (non-hydrogen) atoms. The molecule has 0 aliphatic heterocycles. The summed E-state index contributed by atoms with van der Waals surface area (Å²) >= 11 is 0. The van der Waals surface area contributed by atoms with Crippen LogP contribution in [0, 0.1) is 0 Å². The normalized spacial score (nSPS) is 12.3. The van der Waals surface area contributed by atoms with Crippen LogP contribution in [0.2, 0.25) is 0 Å². The molecule has 0 rings (SSSR count). The molecule has 0 aliphatic carbocycles. The third kappa shape index (κ3) is 15.6. The molecule has 1 unspecified atom stereocenters. The van der Waals surface area contributed by atoms with Gasteiger partial charge in [-0.1, -0.05) is 78.1 Å². The van der Waals surface area contributed by atoms with Crippen molar-refractivity contribution < 1.29 is 9.53 Å². The number of unbranched alkanes of at least 4 members (excludes halogenated alkanes) is 10. The van der Waals surface area contributed by atoms with Gasteiger partial charge >= 0.3 is 5.97 Å². The maximum Gasteiger partial charge on any atom is 0.307 e. The summed E-state index contributed by atoms with van der Waals surface area (Å²) < 4.78 is 5.21. The average molecular weight is 299 g/mol. The fraction of sp³-hybridized carbons (Fsp3) is 0.944. The minimum atomic E-state index is -0.399. The van der Waals surface area contributed by atoms with Gasteiger partial charge in [0, 0.05) is 6.42 Å². The van der Waals surface area contributed by atoms with Crippen molar-refractivity contribution in [2.45, 2.75) is 110 Å². The van der Waals surface area contributed by atoms with E-state index in [4.69, 9.17) is 10.5 Å². The van der Waals surface area contributed by atoms with Crippen LogP contribution in [0.4, 0.5) is 0 Å². The van der Waals surface area contributed by atoms with Gasteiger partial charge in [0.1, 0.15) is 0 Å². The Morgan fingerprint density at radius 1 is 0.810 bits per heavy atom. The Bertz CT molecular complexity index is 231. The smallest absolute Gasteiger partial charge is 0.307 e. The lowest BCUT2D eigenvalue weighted by Crippen LogP contribution is -2.26. The molecule has 2 N–H and O–H groups in total. The largest absolute Gasteiger partial charge is 0.447 e. The summed E-state index contributed by atoms with van der Waals surface area (Å²) in [5.74, 6) is -0.133. The summed E-state index contributed by atoms with van der Waals surface area (Å²) in [6.07, 6.45) is 15.7. The van der Waals surface area contributed by atoms with Crippen LogP contribution in [-0.2, 0) is 9.53 Å². The molecule has 0 fully saturated rings. The molecular weight excluding hydrogens is 262 g/mol. The molecule has 0 heterocycles. The van der Waals surface area contributed by atoms with Gasteiger partial charge in [-0.05, 0) is 19.3 Å². The van der Waals surface area contributed by atoms with Crippen LogP contribution >= 0.6 is 0 Å². The van der Waals surface area contributed by atoms with Crippen molar-refractivity contribution in [2.24, 2.45) is 5.73 Å². The van der Waals surface area contributed by atoms with Crippen LogP contribution in [0.1, 0.15) is 104 Å². The number of esters is 1. The van der Waals surface area contributed by atoms with Crippen molar-refractivity contribution in [3.05, 3.63) is 0 Å². The van der Waals surface area contributed by atoms with Crippen molar-refractivity contribution >= 4 is 5.97 Å². The molecule has 1 atom stereocenters. The first-order chi connectivity index (χ1) is 10.2. The second kappa shape index (κ2) is 15.8. The van der Waals surface area contributed by atoms with E-state index in [1.54, 1.807) is 0 Å². The molecule has 0 aromatic rings. The van der Waals surface area contributed by atoms with E-state index in [9.17, 15) is 4.79 Å². The van der Waals surface area contributed by atoms with Gasteiger partial charge in [-0.3, -0.25) is 10.5 Å². The van der Waals surface area contributed by atoms with Crippen molar-refractivity contribution in [3.63, 3.8) is 0 Å². The van der Waals surface area contributed by atoms with E-state index in [2.05, 4.69) is 13.8 Å². The van der Waals surface area contributed by atoms with Gasteiger partial charge in [-0.15, -0.1) is 0 Å². The van der Waals surface area contributed by atoms with Crippen LogP contribution in [0.5, 0.6) is 0 Å². The van der Waals surface area contributed by atoms with Crippen molar-refractivity contribution in [1.82, 2.24) is 0 Å². The predicted molar refractivity (Wildman–Crippen MR) is 90.1 cm³/mol. The fourth-order valence-electron chi connectivity index (χ4n) is 2.46. The second-order valence-corrected chi connectivity index (χ2v) is 6.10. The molecule has 0 saturated heterocycles. The van der Waals surface area contributed by atoms with Crippen LogP contribution < -0.4 is 5.73 Å². The van der Waals surface area contributed by atoms with E-state index in [1.807, 2.05) is 0 Å². The van der Waals surface area contributed by atoms with E-state index in [-0.39, 0.29) is 5.97 Å². The molecule has 0 amide bonds. The zero-order chi connectivity index (χ0) is 15.8. The second-order valence-electron chi connectivity index (χ2n) is 6.10. The van der Waals surface area contributed by atoms with Crippen LogP contribution in [0.15, 0.2) is 0 Å². The van der Waals surface area contributed by atoms with E-state index >= 15 is 0 Å². The predicted octanol–water partition coefficient (Wildman–Crippen LogP) is 5.32. The average Bonchev–Trinajstić information content (AvgIpc) is 2.45. The molecule has 0 aromatic carbocycles. The fourth-order valence-corrected chi connectivity index (χ4v) is 2.46. The quantitative estimate of drug-likeness (QED) is 0.253. The number of ether oxygens (including phenoxy) is 1. The molecule has 0 radical (unpaired) electrons. The molecule has 0 aliphatic rings. The number of carbonyl (C=O) groups excluding carboxylic acids is 1. The highest BCUT2D eigenvalue weighted by Crippen LogP contribution is 2.11. The van der Waals surface area contributed by atoms with Gasteiger partial charge in [0.2, 0.25) is 0 Å². The van der Waals surface area contributed by atoms with E-state index in [0.717, 1.165) is 32.1 Å². The minimum Gasteiger partial charge on any atom is -0.447 e. The van der Waals surface area contributed by atoms with Gasteiger partial charge in [0.05, 0.1) is 0 Å². The lowest BCUT2D eigenvalue weighted by molar-refractivity contribution is -0.149. The van der Waals surface area contributed by atoms with Crippen LogP contribution in [-0.4, -0.2) is 12.2 Å². The summed E-state index contributed by atoms with van der Waals surface area (Å²) in [5, 5.41) is 0. The van der Waals surface area contributed by atoms with Gasteiger partial charge < -0.3 is 4.74 Å². The molecule has 0 aromatic heterocycles. The highest BCUT2D eigenvalue weighted by molar-refractivity contribution is 5.69. The van der Waals surface area contributed by atoms with Gasteiger partial charge in [-0.25, -0.2) is 0 Å². The van der Waals surface area contributed by atoms with Crippen LogP contribution in [0.25, 0.3) is 0 Å². The minimum absolute atomic E-state index is 0.133. The van der Waals surface area contributed by atoms with Crippen molar-refractivity contribution in [1.29, 1.82) is 0 Å². The third-order valence-electron chi connectivity index (χ3n) is 3.86. The van der Waals surface area contributed by atoms with E-state index in [1.165, 1.54) is 51.4 Å². The first-order valence-electron chi connectivity index (χ1n) is 9.15. The third-order valence-corrected chi connectivity index (χ3v) is 3.86. The van der Waals surface area contributed by atoms with Crippen LogP contribution in [0.3, 0.4) is 0 Å². The first-order valence-corrected chi connectivity index (χ1v) is 9.15. The number of nitrogens with two attached hydrogens (primary N) is 1. The summed E-state index contributed by atoms with van der Waals surface area (Å²) in [6.45, 7) is 4.38. The number of hydrogen-bond donors (Lipinski definition) is 1. The molecular formula is C18H37NO2. The Kier molecular flexibility index (Phi) is 15.4. The van der Waals surface area contributed by atoms with Crippen molar-refractivity contribution in [3.8, 4) is 0 Å². The SMILES string of the molecule is CCCCCCCCCCCC(N)OC(=O)CCCCC. The highest BCUT2D eigenvalue weighted by Gasteiger charge is 2.08. The van der Waals surface area contributed by atoms with Gasteiger partial charge in [-0.2, -0.15) is 0 Å². The Morgan fingerprint density at radius 3 is 1.86 bits per heavy atom. The van der Waals surface area contributed by atoms with E-state index in [0.29, 0.717) is 6.42 Å². The highest BCUT2D eigenvalue weighted by atomic mass is 16.6. The molecule has 0 spiro atoms. The Labute approximate surface area is 132 Å². The Balaban J connectivity index is 3.29. The summed E-state index contributed by atoms with van der Waals surface area (Å²) in [5.41, 5.74) is 5.83. The monoisotopic (exact) mass is 299 g/mol. The van der Waals surface area contributed by atoms with Crippen molar-refractivity contribution in [2.75, 3.05) is 0 Å². The van der Waals surface area contributed by atoms with Gasteiger partial charge in [0.15, 0.2) is 6.23 Å². The Morgan fingerprint density at radius 2 is 1.29 bits per heavy atom.